The highest BCUT2D eigenvalue weighted by atomic mass is 16.5. The molecule has 2 heterocycles. The van der Waals surface area contributed by atoms with Gasteiger partial charge in [-0.3, -0.25) is 0 Å². The van der Waals surface area contributed by atoms with Crippen molar-refractivity contribution in [1.29, 1.82) is 0 Å². The van der Waals surface area contributed by atoms with E-state index in [1.807, 2.05) is 50.2 Å². The number of hydrogen-bond acceptors (Lipinski definition) is 4. The fraction of sp³-hybridized carbons (Fsp3) is 0.400. The van der Waals surface area contributed by atoms with Crippen molar-refractivity contribution in [3.8, 4) is 5.75 Å². The maximum atomic E-state index is 12.7. The predicted molar refractivity (Wildman–Crippen MR) is 120 cm³/mol. The van der Waals surface area contributed by atoms with Gasteiger partial charge in [-0.2, -0.15) is 0 Å². The van der Waals surface area contributed by atoms with Crippen LogP contribution in [-0.2, 0) is 17.7 Å². The number of benzene rings is 2. The Balaban J connectivity index is 1.56. The molecule has 1 fully saturated rings. The van der Waals surface area contributed by atoms with E-state index in [2.05, 4.69) is 5.32 Å². The van der Waals surface area contributed by atoms with Gasteiger partial charge in [-0.15, -0.1) is 0 Å². The number of nitrogens with one attached hydrogen (secondary N) is 1. The number of nitrogens with two attached hydrogens (primary N) is 1. The van der Waals surface area contributed by atoms with Crippen molar-refractivity contribution >= 4 is 11.0 Å². The molecule has 164 valence electrons. The van der Waals surface area contributed by atoms with Crippen LogP contribution in [0.1, 0.15) is 27.8 Å². The first-order chi connectivity index (χ1) is 15.0. The van der Waals surface area contributed by atoms with Crippen LogP contribution in [0.3, 0.4) is 0 Å². The Morgan fingerprint density at radius 2 is 1.84 bits per heavy atom. The second kappa shape index (κ2) is 9.64. The predicted octanol–water partition coefficient (Wildman–Crippen LogP) is 0.685. The second-order valence-electron chi connectivity index (χ2n) is 8.44. The van der Waals surface area contributed by atoms with Gasteiger partial charge in [0.15, 0.2) is 0 Å². The van der Waals surface area contributed by atoms with Crippen LogP contribution in [0.15, 0.2) is 45.6 Å². The highest BCUT2D eigenvalue weighted by Gasteiger charge is 2.19. The first-order valence-electron chi connectivity index (χ1n) is 11.1. The van der Waals surface area contributed by atoms with E-state index in [0.717, 1.165) is 61.5 Å². The van der Waals surface area contributed by atoms with E-state index in [-0.39, 0.29) is 11.4 Å². The summed E-state index contributed by atoms with van der Waals surface area (Å²) in [5.41, 5.74) is 4.34. The number of ether oxygens (including phenoxy) is 1. The van der Waals surface area contributed by atoms with E-state index < -0.39 is 0 Å². The molecule has 0 saturated carbocycles. The minimum Gasteiger partial charge on any atom is -0.507 e. The lowest BCUT2D eigenvalue weighted by Crippen LogP contribution is -3.16. The third kappa shape index (κ3) is 4.82. The minimum atomic E-state index is -0.329. The summed E-state index contributed by atoms with van der Waals surface area (Å²) in [6, 6.07) is 11.9. The molecule has 0 amide bonds. The SMILES string of the molecule is Cc1c(Cc2ccccc2)c(=O)oc2c(C)c(O)c(C[NH2+]CC[NH+]3CCOCC3)cc12. The summed E-state index contributed by atoms with van der Waals surface area (Å²) in [5, 5.41) is 13.9. The van der Waals surface area contributed by atoms with Gasteiger partial charge in [0.2, 0.25) is 0 Å². The number of aromatic hydroxyl groups is 1. The number of phenols is 1. The van der Waals surface area contributed by atoms with Crippen LogP contribution >= 0.6 is 0 Å². The Morgan fingerprint density at radius 3 is 2.58 bits per heavy atom. The molecular formula is C25H32N2O4+2. The van der Waals surface area contributed by atoms with Gasteiger partial charge in [0.25, 0.3) is 0 Å². The molecule has 0 unspecified atom stereocenters. The average molecular weight is 425 g/mol. The molecule has 0 spiro atoms. The second-order valence-corrected chi connectivity index (χ2v) is 8.44. The van der Waals surface area contributed by atoms with E-state index in [1.165, 1.54) is 0 Å². The smallest absolute Gasteiger partial charge is 0.340 e. The van der Waals surface area contributed by atoms with Crippen LogP contribution in [0, 0.1) is 13.8 Å². The molecule has 1 saturated heterocycles. The van der Waals surface area contributed by atoms with Crippen LogP contribution in [0.4, 0.5) is 0 Å². The fourth-order valence-electron chi connectivity index (χ4n) is 4.37. The molecule has 1 aliphatic rings. The number of rotatable bonds is 7. The molecule has 0 atom stereocenters. The Morgan fingerprint density at radius 1 is 1.10 bits per heavy atom. The Bertz CT molecular complexity index is 1100. The number of morpholine rings is 1. The molecule has 6 nitrogen and oxygen atoms in total. The summed E-state index contributed by atoms with van der Waals surface area (Å²) < 4.78 is 11.1. The van der Waals surface area contributed by atoms with Gasteiger partial charge in [-0.25, -0.2) is 4.79 Å². The molecule has 1 aromatic heterocycles. The van der Waals surface area contributed by atoms with Gasteiger partial charge in [0.1, 0.15) is 44.1 Å². The molecule has 1 aliphatic heterocycles. The van der Waals surface area contributed by atoms with Crippen LogP contribution in [0.25, 0.3) is 11.0 Å². The molecule has 4 N–H and O–H groups in total. The molecule has 2 aromatic carbocycles. The van der Waals surface area contributed by atoms with Gasteiger partial charge in [-0.05, 0) is 31.0 Å². The number of aryl methyl sites for hydroxylation is 2. The van der Waals surface area contributed by atoms with E-state index in [9.17, 15) is 9.90 Å². The van der Waals surface area contributed by atoms with Gasteiger partial charge < -0.3 is 24.5 Å². The summed E-state index contributed by atoms with van der Waals surface area (Å²) >= 11 is 0. The van der Waals surface area contributed by atoms with Crippen molar-refractivity contribution in [2.75, 3.05) is 39.4 Å². The summed E-state index contributed by atoms with van der Waals surface area (Å²) in [6.07, 6.45) is 0.536. The van der Waals surface area contributed by atoms with Crippen molar-refractivity contribution in [1.82, 2.24) is 0 Å². The molecule has 6 heteroatoms. The summed E-state index contributed by atoms with van der Waals surface area (Å²) in [4.78, 5) is 14.3. The average Bonchev–Trinajstić information content (AvgIpc) is 2.79. The first-order valence-corrected chi connectivity index (χ1v) is 11.1. The Labute approximate surface area is 182 Å². The zero-order valence-electron chi connectivity index (χ0n) is 18.4. The highest BCUT2D eigenvalue weighted by Crippen LogP contribution is 2.32. The summed E-state index contributed by atoms with van der Waals surface area (Å²) in [5.74, 6) is 0.223. The maximum Gasteiger partial charge on any atom is 0.340 e. The van der Waals surface area contributed by atoms with E-state index >= 15 is 0 Å². The zero-order chi connectivity index (χ0) is 21.8. The lowest BCUT2D eigenvalue weighted by atomic mass is 9.96. The summed E-state index contributed by atoms with van der Waals surface area (Å²) in [7, 11) is 0. The largest absolute Gasteiger partial charge is 0.507 e. The molecule has 0 bridgehead atoms. The summed E-state index contributed by atoms with van der Waals surface area (Å²) in [6.45, 7) is 10.4. The van der Waals surface area contributed by atoms with Crippen molar-refractivity contribution in [2.24, 2.45) is 0 Å². The zero-order valence-corrected chi connectivity index (χ0v) is 18.4. The normalized spacial score (nSPS) is 14.9. The van der Waals surface area contributed by atoms with Crippen molar-refractivity contribution in [2.45, 2.75) is 26.8 Å². The maximum absolute atomic E-state index is 12.7. The van der Waals surface area contributed by atoms with E-state index in [4.69, 9.17) is 9.15 Å². The topological polar surface area (TPSA) is 80.7 Å². The number of quaternary nitrogens is 2. The van der Waals surface area contributed by atoms with Crippen molar-refractivity contribution in [3.05, 3.63) is 74.6 Å². The number of phenolic OH excluding ortho intramolecular Hbond substituents is 1. The fourth-order valence-corrected chi connectivity index (χ4v) is 4.37. The molecule has 0 radical (unpaired) electrons. The number of hydrogen-bond donors (Lipinski definition) is 3. The molecule has 3 aromatic rings. The number of fused-ring (bicyclic) bond motifs is 1. The molecular weight excluding hydrogens is 392 g/mol. The quantitative estimate of drug-likeness (QED) is 0.385. The third-order valence-corrected chi connectivity index (χ3v) is 6.35. The Kier molecular flexibility index (Phi) is 6.70. The van der Waals surface area contributed by atoms with Gasteiger partial charge >= 0.3 is 5.63 Å². The Hall–Kier alpha value is -2.67. The van der Waals surface area contributed by atoms with Crippen molar-refractivity contribution in [3.63, 3.8) is 0 Å². The molecule has 0 aliphatic carbocycles. The third-order valence-electron chi connectivity index (χ3n) is 6.35. The van der Waals surface area contributed by atoms with Crippen LogP contribution in [-0.4, -0.2) is 44.5 Å². The molecule has 31 heavy (non-hydrogen) atoms. The van der Waals surface area contributed by atoms with E-state index in [0.29, 0.717) is 29.7 Å². The van der Waals surface area contributed by atoms with Gasteiger partial charge in [-0.1, -0.05) is 30.3 Å². The molecule has 4 rings (SSSR count). The lowest BCUT2D eigenvalue weighted by Gasteiger charge is -2.22. The first kappa shape index (κ1) is 21.6. The lowest BCUT2D eigenvalue weighted by molar-refractivity contribution is -0.920. The van der Waals surface area contributed by atoms with Gasteiger partial charge in [0.05, 0.1) is 13.2 Å². The standard InChI is InChI=1S/C25H30N2O4/c1-17-21-15-20(16-26-8-9-27-10-12-30-13-11-27)23(28)18(2)24(21)31-25(29)22(17)14-19-6-4-3-5-7-19/h3-7,15,26,28H,8-14,16H2,1-2H3/p+2. The van der Waals surface area contributed by atoms with Gasteiger partial charge in [0, 0.05) is 28.5 Å². The highest BCUT2D eigenvalue weighted by molar-refractivity contribution is 5.86. The minimum absolute atomic E-state index is 0.223. The van der Waals surface area contributed by atoms with Crippen LogP contribution in [0.2, 0.25) is 0 Å². The van der Waals surface area contributed by atoms with Crippen LogP contribution < -0.4 is 15.8 Å². The van der Waals surface area contributed by atoms with Crippen LogP contribution in [0.5, 0.6) is 5.75 Å². The monoisotopic (exact) mass is 424 g/mol. The van der Waals surface area contributed by atoms with Crippen molar-refractivity contribution < 1.29 is 24.5 Å². The van der Waals surface area contributed by atoms with E-state index in [1.54, 1.807) is 4.90 Å².